The fourth-order valence-corrected chi connectivity index (χ4v) is 10.8. The molecule has 5 aliphatic rings. The van der Waals surface area contributed by atoms with Crippen LogP contribution in [0.15, 0.2) is 71.8 Å². The highest BCUT2D eigenvalue weighted by Gasteiger charge is 2.42. The van der Waals surface area contributed by atoms with Gasteiger partial charge >= 0.3 is 0 Å². The van der Waals surface area contributed by atoms with Gasteiger partial charge in [-0.3, -0.25) is 43.7 Å². The van der Waals surface area contributed by atoms with E-state index < -0.39 is 17.6 Å². The van der Waals surface area contributed by atoms with Crippen LogP contribution in [-0.2, 0) is 34.9 Å². The summed E-state index contributed by atoms with van der Waals surface area (Å²) in [6.45, 7) is 9.79. The number of imide groups is 1. The zero-order valence-electron chi connectivity index (χ0n) is 37.5. The number of anilines is 3. The minimum Gasteiger partial charge on any atom is -0.368 e. The number of hydrogen-bond donors (Lipinski definition) is 2. The molecular weight excluding hydrogens is 840 g/mol. The van der Waals surface area contributed by atoms with Crippen molar-refractivity contribution in [1.29, 1.82) is 0 Å². The molecular formula is C50H55FN10O5. The fourth-order valence-electron chi connectivity index (χ4n) is 10.8. The number of nitrogens with one attached hydrogen (secondary N) is 2. The molecule has 16 heteroatoms. The second-order valence-corrected chi connectivity index (χ2v) is 18.7. The summed E-state index contributed by atoms with van der Waals surface area (Å²) < 4.78 is 18.3. The average Bonchev–Trinajstić information content (AvgIpc) is 3.96. The Morgan fingerprint density at radius 2 is 1.59 bits per heavy atom. The van der Waals surface area contributed by atoms with Crippen molar-refractivity contribution in [2.45, 2.75) is 103 Å². The van der Waals surface area contributed by atoms with E-state index in [-0.39, 0.29) is 47.7 Å². The van der Waals surface area contributed by atoms with Gasteiger partial charge in [-0.2, -0.15) is 4.98 Å². The topological polar surface area (TPSA) is 166 Å². The Morgan fingerprint density at radius 1 is 0.864 bits per heavy atom. The van der Waals surface area contributed by atoms with Crippen LogP contribution >= 0.6 is 0 Å². The molecule has 3 amide bonds. The second-order valence-electron chi connectivity index (χ2n) is 18.7. The summed E-state index contributed by atoms with van der Waals surface area (Å²) in [5.41, 5.74) is 4.87. The van der Waals surface area contributed by atoms with E-state index in [1.54, 1.807) is 35.9 Å². The van der Waals surface area contributed by atoms with E-state index in [9.17, 15) is 24.0 Å². The molecule has 2 N–H and O–H groups in total. The number of piperidine rings is 2. The van der Waals surface area contributed by atoms with Crippen molar-refractivity contribution in [3.63, 3.8) is 0 Å². The van der Waals surface area contributed by atoms with Crippen LogP contribution in [0.5, 0.6) is 0 Å². The molecule has 1 atom stereocenters. The van der Waals surface area contributed by atoms with Crippen molar-refractivity contribution in [3.05, 3.63) is 116 Å². The molecule has 3 saturated heterocycles. The van der Waals surface area contributed by atoms with Crippen LogP contribution in [0.3, 0.4) is 0 Å². The monoisotopic (exact) mass is 894 g/mol. The normalized spacial score (nSPS) is 20.5. The first kappa shape index (κ1) is 43.5. The summed E-state index contributed by atoms with van der Waals surface area (Å²) in [6, 6.07) is 17.2. The number of ketones is 1. The highest BCUT2D eigenvalue weighted by molar-refractivity contribution is 6.05. The summed E-state index contributed by atoms with van der Waals surface area (Å²) >= 11 is 0. The number of nitrogens with zero attached hydrogens (tertiary/aromatic N) is 8. The Kier molecular flexibility index (Phi) is 11.7. The van der Waals surface area contributed by atoms with Gasteiger partial charge in [0.1, 0.15) is 23.2 Å². The summed E-state index contributed by atoms with van der Waals surface area (Å²) in [7, 11) is 0. The molecule has 5 aromatic rings. The molecule has 0 spiro atoms. The van der Waals surface area contributed by atoms with Gasteiger partial charge in [-0.1, -0.05) is 49.2 Å². The number of amides is 3. The summed E-state index contributed by atoms with van der Waals surface area (Å²) in [6.07, 6.45) is 8.57. The molecule has 4 aliphatic heterocycles. The van der Waals surface area contributed by atoms with Crippen LogP contribution in [0, 0.1) is 6.92 Å². The predicted molar refractivity (Wildman–Crippen MR) is 247 cm³/mol. The van der Waals surface area contributed by atoms with Crippen molar-refractivity contribution >= 4 is 52.0 Å². The third-order valence-electron chi connectivity index (χ3n) is 14.5. The number of Topliss-reactive ketones (excluding diaryl/α,β-unsaturated/α-hetero) is 1. The van der Waals surface area contributed by atoms with Gasteiger partial charge in [-0.05, 0) is 92.0 Å². The lowest BCUT2D eigenvalue weighted by atomic mass is 9.84. The maximum absolute atomic E-state index is 16.6. The van der Waals surface area contributed by atoms with E-state index in [4.69, 9.17) is 4.98 Å². The third kappa shape index (κ3) is 8.47. The molecule has 1 aliphatic carbocycles. The van der Waals surface area contributed by atoms with Crippen molar-refractivity contribution in [3.8, 4) is 0 Å². The lowest BCUT2D eigenvalue weighted by Gasteiger charge is -2.37. The Labute approximate surface area is 382 Å². The number of pyridine rings is 2. The van der Waals surface area contributed by atoms with Crippen LogP contribution in [0.4, 0.5) is 21.8 Å². The molecule has 7 heterocycles. The molecule has 15 nitrogen and oxygen atoms in total. The standard InChI is InChI=1S/C50H55FN10O5/c1-31-40-27-53-49(56-45(40)61(37-8-3-4-9-37)48(66)44(31)32(2)62)54-42-14-11-38(26-52-42)59-22-20-58(21-23-59)29-34-7-5-6-33(24-34)28-57-18-16-50(51,17-19-57)36-10-12-39-35(25-36)30-60(47(39)65)41-13-15-43(63)55-46(41)64/h5-7,10-12,14,24-27,37,41H,3-4,8-9,13,15-23,28-30H2,1-2H3,(H,55,63,64)(H,52,53,54,56). The number of benzene rings is 2. The van der Waals surface area contributed by atoms with Crippen molar-refractivity contribution in [1.82, 2.24) is 39.5 Å². The second kappa shape index (κ2) is 17.8. The van der Waals surface area contributed by atoms with E-state index >= 15 is 4.39 Å². The average molecular weight is 895 g/mol. The third-order valence-corrected chi connectivity index (χ3v) is 14.5. The molecule has 2 aromatic carbocycles. The van der Waals surface area contributed by atoms with Crippen LogP contribution in [0.25, 0.3) is 11.0 Å². The molecule has 66 heavy (non-hydrogen) atoms. The number of likely N-dealkylation sites (tertiary alicyclic amines) is 1. The van der Waals surface area contributed by atoms with Crippen molar-refractivity contribution in [2.75, 3.05) is 49.5 Å². The van der Waals surface area contributed by atoms with Crippen LogP contribution in [0.2, 0.25) is 0 Å². The van der Waals surface area contributed by atoms with Gasteiger partial charge in [0.25, 0.3) is 11.5 Å². The first-order valence-corrected chi connectivity index (χ1v) is 23.3. The van der Waals surface area contributed by atoms with E-state index in [0.29, 0.717) is 71.8 Å². The maximum atomic E-state index is 16.6. The Hall–Kier alpha value is -6.39. The molecule has 4 fully saturated rings. The number of rotatable bonds is 11. The van der Waals surface area contributed by atoms with Gasteiger partial charge in [0, 0.05) is 88.5 Å². The number of hydrogen-bond acceptors (Lipinski definition) is 12. The predicted octanol–water partition coefficient (Wildman–Crippen LogP) is 6.10. The number of piperazine rings is 1. The minimum atomic E-state index is -1.51. The van der Waals surface area contributed by atoms with Crippen molar-refractivity contribution < 1.29 is 23.6 Å². The van der Waals surface area contributed by atoms with E-state index in [2.05, 4.69) is 59.6 Å². The summed E-state index contributed by atoms with van der Waals surface area (Å²) in [4.78, 5) is 86.1. The van der Waals surface area contributed by atoms with Gasteiger partial charge in [-0.25, -0.2) is 14.4 Å². The number of fused-ring (bicyclic) bond motifs is 2. The van der Waals surface area contributed by atoms with E-state index in [0.717, 1.165) is 76.2 Å². The smallest absolute Gasteiger partial charge is 0.263 e. The number of aromatic nitrogens is 4. The quantitative estimate of drug-likeness (QED) is 0.116. The fraction of sp³-hybridized carbons (Fsp3) is 0.440. The summed E-state index contributed by atoms with van der Waals surface area (Å²) in [5.74, 6) is -0.339. The number of aryl methyl sites for hydroxylation is 1. The molecule has 10 rings (SSSR count). The van der Waals surface area contributed by atoms with Gasteiger partial charge in [-0.15, -0.1) is 0 Å². The van der Waals surface area contributed by atoms with E-state index in [1.165, 1.54) is 23.0 Å². The Bertz CT molecular complexity index is 2790. The lowest BCUT2D eigenvalue weighted by molar-refractivity contribution is -0.136. The van der Waals surface area contributed by atoms with Crippen molar-refractivity contribution in [2.24, 2.45) is 0 Å². The molecule has 1 saturated carbocycles. The molecule has 3 aromatic heterocycles. The van der Waals surface area contributed by atoms with Crippen LogP contribution < -0.4 is 21.1 Å². The molecule has 342 valence electrons. The molecule has 0 bridgehead atoms. The lowest BCUT2D eigenvalue weighted by Crippen LogP contribution is -2.52. The van der Waals surface area contributed by atoms with Crippen LogP contribution in [-0.4, -0.2) is 103 Å². The Balaban J connectivity index is 0.710. The highest BCUT2D eigenvalue weighted by atomic mass is 19.1. The van der Waals surface area contributed by atoms with Gasteiger partial charge in [0.15, 0.2) is 5.78 Å². The summed E-state index contributed by atoms with van der Waals surface area (Å²) in [5, 5.41) is 6.27. The largest absolute Gasteiger partial charge is 0.368 e. The molecule has 1 unspecified atom stereocenters. The van der Waals surface area contributed by atoms with E-state index in [1.807, 2.05) is 18.3 Å². The molecule has 0 radical (unpaired) electrons. The number of alkyl halides is 1. The zero-order chi connectivity index (χ0) is 45.7. The first-order chi connectivity index (χ1) is 31.9. The number of carbonyl (C=O) groups is 4. The van der Waals surface area contributed by atoms with Crippen LogP contribution in [0.1, 0.15) is 113 Å². The number of halogens is 1. The van der Waals surface area contributed by atoms with Gasteiger partial charge in [0.05, 0.1) is 17.4 Å². The first-order valence-electron chi connectivity index (χ1n) is 23.3. The number of carbonyl (C=O) groups excluding carboxylic acids is 4. The SMILES string of the molecule is CC(=O)c1c(C)c2cnc(Nc3ccc(N4CCN(Cc5cccc(CN6CCC(F)(c7ccc8c(c7)CN(C7CCC(=O)NC7=O)C8=O)CC6)c5)CC4)cn3)nc2n(C2CCCC2)c1=O. The zero-order valence-corrected chi connectivity index (χ0v) is 37.5. The minimum absolute atomic E-state index is 0.00332. The highest BCUT2D eigenvalue weighted by Crippen LogP contribution is 2.40. The maximum Gasteiger partial charge on any atom is 0.263 e. The Morgan fingerprint density at radius 3 is 2.27 bits per heavy atom. The van der Waals surface area contributed by atoms with Gasteiger partial charge in [0.2, 0.25) is 17.8 Å². The van der Waals surface area contributed by atoms with Gasteiger partial charge < -0.3 is 15.1 Å².